The number of fused-ring (bicyclic) bond motifs is 2. The molecule has 2 heteroatoms. The van der Waals surface area contributed by atoms with Crippen LogP contribution in [0.1, 0.15) is 51.9 Å². The van der Waals surface area contributed by atoms with Gasteiger partial charge in [0.25, 0.3) is 0 Å². The van der Waals surface area contributed by atoms with E-state index in [1.54, 1.807) is 0 Å². The van der Waals surface area contributed by atoms with Gasteiger partial charge >= 0.3 is 0 Å². The zero-order valence-electron chi connectivity index (χ0n) is 11.3. The van der Waals surface area contributed by atoms with Crippen molar-refractivity contribution in [1.82, 2.24) is 0 Å². The summed E-state index contributed by atoms with van der Waals surface area (Å²) in [5.74, 6) is 1.90. The van der Waals surface area contributed by atoms with Crippen LogP contribution in [0.25, 0.3) is 0 Å². The van der Waals surface area contributed by atoms with Crippen LogP contribution >= 0.6 is 0 Å². The molecule has 2 bridgehead atoms. The molecule has 0 spiro atoms. The first-order chi connectivity index (χ1) is 8.64. The average molecular weight is 242 g/mol. The Balaban J connectivity index is 1.60. The predicted octanol–water partition coefficient (Wildman–Crippen LogP) is 3.78. The smallest absolute Gasteiger partial charge is 0.126 e. The highest BCUT2D eigenvalue weighted by atomic mass is 15.0. The molecule has 3 aliphatic carbocycles. The summed E-state index contributed by atoms with van der Waals surface area (Å²) in [6.07, 6.45) is 9.26. The third-order valence-electron chi connectivity index (χ3n) is 5.94. The molecule has 2 nitrogen and oxygen atoms in total. The zero-order chi connectivity index (χ0) is 12.4. The van der Waals surface area contributed by atoms with Gasteiger partial charge in [-0.05, 0) is 57.3 Å². The molecule has 0 aromatic carbocycles. The van der Waals surface area contributed by atoms with Crippen molar-refractivity contribution < 1.29 is 0 Å². The Labute approximate surface area is 109 Å². The molecule has 0 radical (unpaired) electrons. The summed E-state index contributed by atoms with van der Waals surface area (Å²) < 4.78 is 0. The summed E-state index contributed by atoms with van der Waals surface area (Å²) in [6.45, 7) is 7.38. The third-order valence-corrected chi connectivity index (χ3v) is 5.94. The van der Waals surface area contributed by atoms with E-state index in [9.17, 15) is 0 Å². The monoisotopic (exact) mass is 242 g/mol. The summed E-state index contributed by atoms with van der Waals surface area (Å²) in [6, 6.07) is 0. The number of rotatable bonds is 3. The molecule has 3 fully saturated rings. The number of aliphatic imine (C=N–C) groups is 2. The Morgan fingerprint density at radius 3 is 2.50 bits per heavy atom. The molecule has 96 valence electrons. The van der Waals surface area contributed by atoms with E-state index in [1.165, 1.54) is 62.1 Å². The molecule has 0 saturated heterocycles. The molecule has 0 atom stereocenters. The Morgan fingerprint density at radius 1 is 1.22 bits per heavy atom. The normalized spacial score (nSPS) is 42.1. The number of allylic oxidation sites excluding steroid dienone is 1. The van der Waals surface area contributed by atoms with Crippen molar-refractivity contribution in [3.63, 3.8) is 0 Å². The van der Waals surface area contributed by atoms with E-state index in [0.29, 0.717) is 16.7 Å². The highest BCUT2D eigenvalue weighted by Gasteiger charge is 2.57. The Bertz CT molecular complexity index is 471. The highest BCUT2D eigenvalue weighted by molar-refractivity contribution is 6.08. The van der Waals surface area contributed by atoms with Crippen molar-refractivity contribution >= 4 is 11.5 Å². The van der Waals surface area contributed by atoms with Crippen LogP contribution in [-0.4, -0.2) is 18.1 Å². The number of nitrogens with zero attached hydrogens (tertiary/aromatic N) is 2. The van der Waals surface area contributed by atoms with E-state index >= 15 is 0 Å². The van der Waals surface area contributed by atoms with Gasteiger partial charge < -0.3 is 0 Å². The van der Waals surface area contributed by atoms with E-state index in [1.807, 2.05) is 0 Å². The van der Waals surface area contributed by atoms with Crippen LogP contribution in [0.2, 0.25) is 0 Å². The maximum atomic E-state index is 4.93. The summed E-state index contributed by atoms with van der Waals surface area (Å²) >= 11 is 0. The van der Waals surface area contributed by atoms with Crippen molar-refractivity contribution in [2.75, 3.05) is 6.54 Å². The molecular formula is C16H22N2. The van der Waals surface area contributed by atoms with Crippen molar-refractivity contribution in [3.8, 4) is 0 Å². The second-order valence-electron chi connectivity index (χ2n) is 7.02. The summed E-state index contributed by atoms with van der Waals surface area (Å²) in [5.41, 5.74) is 3.68. The van der Waals surface area contributed by atoms with Crippen LogP contribution in [0.5, 0.6) is 0 Å². The molecule has 0 aromatic rings. The molecule has 3 saturated carbocycles. The van der Waals surface area contributed by atoms with Crippen molar-refractivity contribution in [1.29, 1.82) is 0 Å². The fourth-order valence-corrected chi connectivity index (χ4v) is 4.39. The van der Waals surface area contributed by atoms with Gasteiger partial charge in [0.05, 0.1) is 6.54 Å². The van der Waals surface area contributed by atoms with Crippen molar-refractivity contribution in [2.45, 2.75) is 51.9 Å². The minimum absolute atomic E-state index is 0.402. The summed E-state index contributed by atoms with van der Waals surface area (Å²) in [5, 5.41) is 0. The first kappa shape index (κ1) is 11.0. The molecule has 0 aromatic heterocycles. The van der Waals surface area contributed by atoms with Crippen LogP contribution in [0, 0.1) is 16.7 Å². The van der Waals surface area contributed by atoms with Gasteiger partial charge in [-0.2, -0.15) is 0 Å². The predicted molar refractivity (Wildman–Crippen MR) is 75.2 cm³/mol. The lowest BCUT2D eigenvalue weighted by atomic mass is 9.77. The lowest BCUT2D eigenvalue weighted by molar-refractivity contribution is 0.351. The van der Waals surface area contributed by atoms with Crippen LogP contribution in [-0.2, 0) is 0 Å². The van der Waals surface area contributed by atoms with Gasteiger partial charge in [0.2, 0.25) is 0 Å². The minimum Gasteiger partial charge on any atom is -0.264 e. The van der Waals surface area contributed by atoms with Crippen LogP contribution in [0.15, 0.2) is 22.1 Å². The Kier molecular flexibility index (Phi) is 2.03. The molecule has 4 aliphatic rings. The van der Waals surface area contributed by atoms with Crippen molar-refractivity contribution in [3.05, 3.63) is 12.2 Å². The van der Waals surface area contributed by atoms with E-state index in [2.05, 4.69) is 13.5 Å². The third kappa shape index (κ3) is 1.35. The number of amidine groups is 1. The summed E-state index contributed by atoms with van der Waals surface area (Å²) in [4.78, 5) is 9.62. The van der Waals surface area contributed by atoms with E-state index in [0.717, 1.165) is 6.54 Å². The van der Waals surface area contributed by atoms with Crippen LogP contribution in [0.4, 0.5) is 0 Å². The average Bonchev–Trinajstić information content (AvgIpc) is 2.86. The first-order valence-corrected chi connectivity index (χ1v) is 7.42. The fraction of sp³-hybridized carbons (Fsp3) is 0.750. The largest absolute Gasteiger partial charge is 0.264 e. The lowest BCUT2D eigenvalue weighted by Gasteiger charge is -2.28. The standard InChI is InChI=1S/C16H22N2/c1-11(2)15-5-7-16(10-15,8-6-15)13-9-17-14(18-13)12-3-4-12/h12H,1,3-10H2,2H3. The van der Waals surface area contributed by atoms with Crippen molar-refractivity contribution in [2.24, 2.45) is 26.7 Å². The molecular weight excluding hydrogens is 220 g/mol. The molecule has 4 rings (SSSR count). The lowest BCUT2D eigenvalue weighted by Crippen LogP contribution is -2.27. The molecule has 1 aliphatic heterocycles. The van der Waals surface area contributed by atoms with E-state index in [-0.39, 0.29) is 0 Å². The first-order valence-electron chi connectivity index (χ1n) is 7.42. The number of hydrogen-bond donors (Lipinski definition) is 0. The maximum absolute atomic E-state index is 4.93. The van der Waals surface area contributed by atoms with E-state index < -0.39 is 0 Å². The Hall–Kier alpha value is -0.920. The van der Waals surface area contributed by atoms with E-state index in [4.69, 9.17) is 9.98 Å². The summed E-state index contributed by atoms with van der Waals surface area (Å²) in [7, 11) is 0. The molecule has 18 heavy (non-hydrogen) atoms. The topological polar surface area (TPSA) is 24.7 Å². The second kappa shape index (κ2) is 3.34. The minimum atomic E-state index is 0.402. The highest BCUT2D eigenvalue weighted by Crippen LogP contribution is 2.65. The van der Waals surface area contributed by atoms with Gasteiger partial charge in [-0.25, -0.2) is 4.99 Å². The Morgan fingerprint density at radius 2 is 1.94 bits per heavy atom. The van der Waals surface area contributed by atoms with Crippen LogP contribution < -0.4 is 0 Å². The SMILES string of the molecule is C=C(C)C12CCC(C3=NC(C4CC4)=NC3)(CC1)C2. The molecule has 0 unspecified atom stereocenters. The molecule has 1 heterocycles. The van der Waals surface area contributed by atoms with Gasteiger partial charge in [-0.15, -0.1) is 0 Å². The van der Waals surface area contributed by atoms with Gasteiger partial charge in [-0.1, -0.05) is 12.2 Å². The van der Waals surface area contributed by atoms with Gasteiger partial charge in [-0.3, -0.25) is 4.99 Å². The van der Waals surface area contributed by atoms with Gasteiger partial charge in [0, 0.05) is 17.0 Å². The maximum Gasteiger partial charge on any atom is 0.126 e. The molecule has 0 N–H and O–H groups in total. The van der Waals surface area contributed by atoms with Gasteiger partial charge in [0.1, 0.15) is 5.84 Å². The van der Waals surface area contributed by atoms with Crippen LogP contribution in [0.3, 0.4) is 0 Å². The van der Waals surface area contributed by atoms with Gasteiger partial charge in [0.15, 0.2) is 0 Å². The fourth-order valence-electron chi connectivity index (χ4n) is 4.39. The zero-order valence-corrected chi connectivity index (χ0v) is 11.3. The number of hydrogen-bond acceptors (Lipinski definition) is 2. The quantitative estimate of drug-likeness (QED) is 0.673. The second-order valence-corrected chi connectivity index (χ2v) is 7.02. The molecule has 0 amide bonds.